The maximum atomic E-state index is 13.3. The summed E-state index contributed by atoms with van der Waals surface area (Å²) in [7, 11) is 1.89. The second-order valence-corrected chi connectivity index (χ2v) is 14.3. The number of nitrogens with one attached hydrogen (secondary N) is 3. The number of para-hydroxylation sites is 1. The summed E-state index contributed by atoms with van der Waals surface area (Å²) in [6.07, 6.45) is 7.42. The zero-order valence-electron chi connectivity index (χ0n) is 29.4. The van der Waals surface area contributed by atoms with E-state index in [1.807, 2.05) is 18.1 Å². The number of carbonyl (C=O) groups excluding carboxylic acids is 3. The maximum Gasteiger partial charge on any atom is 0.277 e. The van der Waals surface area contributed by atoms with Gasteiger partial charge in [-0.25, -0.2) is 9.67 Å². The van der Waals surface area contributed by atoms with Gasteiger partial charge >= 0.3 is 0 Å². The van der Waals surface area contributed by atoms with Gasteiger partial charge in [-0.15, -0.1) is 0 Å². The molecular formula is C38H44N10O3. The molecule has 0 aliphatic carbocycles. The van der Waals surface area contributed by atoms with Crippen molar-refractivity contribution in [3.63, 3.8) is 0 Å². The lowest BCUT2D eigenvalue weighted by atomic mass is 9.93. The molecule has 4 aliphatic heterocycles. The van der Waals surface area contributed by atoms with Crippen LogP contribution in [0, 0.1) is 19.8 Å². The van der Waals surface area contributed by atoms with E-state index in [-0.39, 0.29) is 17.7 Å². The van der Waals surface area contributed by atoms with Crippen LogP contribution in [-0.4, -0.2) is 90.9 Å². The largest absolute Gasteiger partial charge is 0.367 e. The van der Waals surface area contributed by atoms with Gasteiger partial charge in [0.05, 0.1) is 5.39 Å². The Morgan fingerprint density at radius 2 is 1.76 bits per heavy atom. The van der Waals surface area contributed by atoms with Crippen molar-refractivity contribution in [2.24, 2.45) is 13.0 Å². The van der Waals surface area contributed by atoms with Crippen LogP contribution in [0.25, 0.3) is 11.0 Å². The summed E-state index contributed by atoms with van der Waals surface area (Å²) in [6.45, 7) is 9.08. The van der Waals surface area contributed by atoms with Crippen LogP contribution >= 0.6 is 0 Å². The zero-order chi connectivity index (χ0) is 35.2. The average Bonchev–Trinajstić information content (AvgIpc) is 3.60. The van der Waals surface area contributed by atoms with E-state index in [4.69, 9.17) is 10.1 Å². The first-order valence-electron chi connectivity index (χ1n) is 18.0. The summed E-state index contributed by atoms with van der Waals surface area (Å²) >= 11 is 0. The third-order valence-corrected chi connectivity index (χ3v) is 10.8. The van der Waals surface area contributed by atoms with Crippen LogP contribution in [0.5, 0.6) is 0 Å². The summed E-state index contributed by atoms with van der Waals surface area (Å²) in [5, 5.41) is 15.3. The lowest BCUT2D eigenvalue weighted by molar-refractivity contribution is -0.147. The van der Waals surface area contributed by atoms with Crippen molar-refractivity contribution in [2.45, 2.75) is 58.5 Å². The number of rotatable bonds is 8. The van der Waals surface area contributed by atoms with Gasteiger partial charge in [-0.1, -0.05) is 24.3 Å². The van der Waals surface area contributed by atoms with Gasteiger partial charge in [0.15, 0.2) is 11.5 Å². The van der Waals surface area contributed by atoms with Crippen LogP contribution < -0.4 is 16.0 Å². The molecule has 13 heteroatoms. The highest BCUT2D eigenvalue weighted by Crippen LogP contribution is 2.31. The molecule has 8 rings (SSSR count). The molecule has 3 amide bonds. The van der Waals surface area contributed by atoms with Crippen LogP contribution in [0.2, 0.25) is 0 Å². The van der Waals surface area contributed by atoms with Crippen LogP contribution in [-0.2, 0) is 34.4 Å². The fourth-order valence-corrected chi connectivity index (χ4v) is 8.02. The Morgan fingerprint density at radius 3 is 2.55 bits per heavy atom. The highest BCUT2D eigenvalue weighted by atomic mass is 16.2. The minimum atomic E-state index is -0.704. The summed E-state index contributed by atoms with van der Waals surface area (Å²) in [5.74, 6) is 0.805. The number of hydrogen-bond acceptors (Lipinski definition) is 10. The van der Waals surface area contributed by atoms with E-state index >= 15 is 0 Å². The number of piperidine rings is 2. The van der Waals surface area contributed by atoms with Gasteiger partial charge in [0.25, 0.3) is 11.8 Å². The lowest BCUT2D eigenvalue weighted by Gasteiger charge is -2.38. The molecule has 1 unspecified atom stereocenters. The lowest BCUT2D eigenvalue weighted by Crippen LogP contribution is -2.53. The van der Waals surface area contributed by atoms with Crippen molar-refractivity contribution < 1.29 is 14.4 Å². The van der Waals surface area contributed by atoms with E-state index in [1.165, 1.54) is 17.2 Å². The molecule has 13 nitrogen and oxygen atoms in total. The Balaban J connectivity index is 0.877. The minimum Gasteiger partial charge on any atom is -0.367 e. The molecule has 0 saturated carbocycles. The number of hydrogen-bond donors (Lipinski definition) is 3. The molecule has 2 fully saturated rings. The summed E-state index contributed by atoms with van der Waals surface area (Å²) in [4.78, 5) is 53.6. The SMILES string of the molecule is Cc1cccc(C)c1Nc1nn(C)c2nc(Nc3ccc4c(c3)CN(CC3CCN(C5=CC(=O)N(C6CCCNC6=O)C5=O)CC3)CC4)ncc12. The summed E-state index contributed by atoms with van der Waals surface area (Å²) in [6, 6.07) is 12.0. The minimum absolute atomic E-state index is 0.238. The van der Waals surface area contributed by atoms with Gasteiger partial charge in [-0.2, -0.15) is 10.1 Å². The molecule has 0 spiro atoms. The first kappa shape index (κ1) is 32.9. The number of carbonyl (C=O) groups is 3. The Labute approximate surface area is 297 Å². The maximum absolute atomic E-state index is 13.3. The number of fused-ring (bicyclic) bond motifs is 2. The Morgan fingerprint density at radius 1 is 0.961 bits per heavy atom. The quantitative estimate of drug-likeness (QED) is 0.232. The van der Waals surface area contributed by atoms with Crippen molar-refractivity contribution in [2.75, 3.05) is 43.4 Å². The van der Waals surface area contributed by atoms with Gasteiger partial charge in [0.2, 0.25) is 11.9 Å². The number of imide groups is 1. The summed E-state index contributed by atoms with van der Waals surface area (Å²) < 4.78 is 1.78. The molecule has 4 aliphatic rings. The Hall–Kier alpha value is -5.30. The normalized spacial score (nSPS) is 20.1. The van der Waals surface area contributed by atoms with E-state index in [0.29, 0.717) is 30.5 Å². The molecule has 2 saturated heterocycles. The Bertz CT molecular complexity index is 2040. The predicted molar refractivity (Wildman–Crippen MR) is 194 cm³/mol. The second kappa shape index (κ2) is 13.4. The topological polar surface area (TPSA) is 141 Å². The molecule has 0 bridgehead atoms. The number of nitrogens with zero attached hydrogens (tertiary/aromatic N) is 7. The van der Waals surface area contributed by atoms with Crippen molar-refractivity contribution >= 4 is 51.9 Å². The molecule has 2 aromatic heterocycles. The van der Waals surface area contributed by atoms with Gasteiger partial charge in [0, 0.05) is 70.0 Å². The van der Waals surface area contributed by atoms with E-state index < -0.39 is 6.04 Å². The first-order chi connectivity index (χ1) is 24.7. The molecule has 4 aromatic rings. The molecule has 0 radical (unpaired) electrons. The highest BCUT2D eigenvalue weighted by Gasteiger charge is 2.43. The second-order valence-electron chi connectivity index (χ2n) is 14.3. The van der Waals surface area contributed by atoms with E-state index in [9.17, 15) is 14.4 Å². The third kappa shape index (κ3) is 6.42. The van der Waals surface area contributed by atoms with Crippen molar-refractivity contribution in [1.82, 2.24) is 39.8 Å². The average molecular weight is 689 g/mol. The molecule has 3 N–H and O–H groups in total. The van der Waals surface area contributed by atoms with E-state index in [2.05, 4.69) is 76.1 Å². The van der Waals surface area contributed by atoms with Crippen molar-refractivity contribution in [1.29, 1.82) is 0 Å². The van der Waals surface area contributed by atoms with Gasteiger partial charge in [-0.3, -0.25) is 24.2 Å². The van der Waals surface area contributed by atoms with Crippen molar-refractivity contribution in [3.05, 3.63) is 76.6 Å². The van der Waals surface area contributed by atoms with Crippen LogP contribution in [0.3, 0.4) is 0 Å². The third-order valence-electron chi connectivity index (χ3n) is 10.8. The van der Waals surface area contributed by atoms with Gasteiger partial charge < -0.3 is 20.9 Å². The monoisotopic (exact) mass is 688 g/mol. The number of likely N-dealkylation sites (tertiary alicyclic amines) is 1. The molecule has 1 atom stereocenters. The number of aromatic nitrogens is 4. The smallest absolute Gasteiger partial charge is 0.277 e. The van der Waals surface area contributed by atoms with Gasteiger partial charge in [-0.05, 0) is 86.3 Å². The number of anilines is 4. The van der Waals surface area contributed by atoms with E-state index in [1.54, 1.807) is 4.68 Å². The number of aryl methyl sites for hydroxylation is 3. The molecule has 51 heavy (non-hydrogen) atoms. The molecule has 264 valence electrons. The summed E-state index contributed by atoms with van der Waals surface area (Å²) in [5.41, 5.74) is 8.14. The van der Waals surface area contributed by atoms with Crippen LogP contribution in [0.1, 0.15) is 47.9 Å². The molecule has 6 heterocycles. The number of benzene rings is 2. The van der Waals surface area contributed by atoms with Crippen molar-refractivity contribution in [3.8, 4) is 0 Å². The van der Waals surface area contributed by atoms with E-state index in [0.717, 1.165) is 103 Å². The Kier molecular flexibility index (Phi) is 8.66. The predicted octanol–water partition coefficient (Wildman–Crippen LogP) is 4.07. The van der Waals surface area contributed by atoms with Gasteiger partial charge in [0.1, 0.15) is 11.7 Å². The van der Waals surface area contributed by atoms with Crippen LogP contribution in [0.15, 0.2) is 54.4 Å². The highest BCUT2D eigenvalue weighted by molar-refractivity contribution is 6.17. The zero-order valence-corrected chi connectivity index (χ0v) is 29.4. The fourth-order valence-electron chi connectivity index (χ4n) is 8.02. The number of amides is 3. The standard InChI is InChI=1S/C38H44N10O3/c1-23-6-4-7-24(2)33(23)42-34-29-20-40-38(43-35(29)45(3)44-34)41-28-10-9-26-13-15-46(22-27(26)18-28)21-25-11-16-47(17-12-25)31-19-32(49)48(37(31)51)30-8-5-14-39-36(30)50/h4,6-7,9-10,18-20,25,30H,5,8,11-17,21-22H2,1-3H3,(H,39,50)(H,42,44)(H,40,41,43). The molecule has 2 aromatic carbocycles. The first-order valence-corrected chi connectivity index (χ1v) is 18.0. The van der Waals surface area contributed by atoms with Crippen LogP contribution in [0.4, 0.5) is 23.1 Å². The fraction of sp³-hybridized carbons (Fsp3) is 0.421. The molecular weight excluding hydrogens is 644 g/mol.